The molecule has 0 heterocycles. The average Bonchev–Trinajstić information content (AvgIpc) is 2.03. The summed E-state index contributed by atoms with van der Waals surface area (Å²) < 4.78 is 15.0. The molecule has 0 aromatic heterocycles. The quantitative estimate of drug-likeness (QED) is 0.293. The van der Waals surface area contributed by atoms with Crippen molar-refractivity contribution >= 4 is 14.0 Å². The molecule has 0 aliphatic rings. The van der Waals surface area contributed by atoms with Gasteiger partial charge in [-0.05, 0) is 13.3 Å². The van der Waals surface area contributed by atoms with Gasteiger partial charge in [0.25, 0.3) is 0 Å². The Morgan fingerprint density at radius 3 is 2.69 bits per heavy atom. The molecule has 1 atom stereocenters. The van der Waals surface area contributed by atoms with Crippen LogP contribution >= 0.6 is 8.03 Å². The van der Waals surface area contributed by atoms with Crippen LogP contribution in [0.5, 0.6) is 0 Å². The fourth-order valence-corrected chi connectivity index (χ4v) is 1.06. The fourth-order valence-electron chi connectivity index (χ4n) is 0.634. The Bertz CT molecular complexity index is 222. The molecule has 0 saturated carbocycles. The molecule has 0 aromatic carbocycles. The van der Waals surface area contributed by atoms with E-state index in [-0.39, 0.29) is 5.57 Å². The minimum absolute atomic E-state index is 0.118. The van der Waals surface area contributed by atoms with Crippen molar-refractivity contribution in [2.45, 2.75) is 26.7 Å². The summed E-state index contributed by atoms with van der Waals surface area (Å²) in [7, 11) is -2.65. The SMILES string of the molecule is CCCCOC(=O)/C(C)=C/[P+](=O)[O-]. The van der Waals surface area contributed by atoms with Crippen LogP contribution in [0.2, 0.25) is 0 Å². The van der Waals surface area contributed by atoms with Crippen LogP contribution in [-0.4, -0.2) is 12.6 Å². The van der Waals surface area contributed by atoms with Crippen LogP contribution in [0.15, 0.2) is 11.4 Å². The second kappa shape index (κ2) is 6.75. The lowest BCUT2D eigenvalue weighted by Crippen LogP contribution is -2.06. The van der Waals surface area contributed by atoms with Crippen LogP contribution in [0, 0.1) is 0 Å². The lowest BCUT2D eigenvalue weighted by Gasteiger charge is -2.01. The van der Waals surface area contributed by atoms with Gasteiger partial charge in [0.15, 0.2) is 5.82 Å². The summed E-state index contributed by atoms with van der Waals surface area (Å²) in [6.45, 7) is 3.74. The summed E-state index contributed by atoms with van der Waals surface area (Å²) >= 11 is 0. The molecule has 0 bridgehead atoms. The topological polar surface area (TPSA) is 66.4 Å². The number of hydrogen-bond donors (Lipinski definition) is 0. The van der Waals surface area contributed by atoms with E-state index in [1.807, 2.05) is 6.92 Å². The third-order valence-electron chi connectivity index (χ3n) is 1.35. The molecule has 4 nitrogen and oxygen atoms in total. The Kier molecular flexibility index (Phi) is 6.37. The highest BCUT2D eigenvalue weighted by atomic mass is 31.1. The van der Waals surface area contributed by atoms with Gasteiger partial charge in [-0.15, -0.1) is 0 Å². The molecule has 0 rings (SSSR count). The molecule has 5 heteroatoms. The van der Waals surface area contributed by atoms with Crippen molar-refractivity contribution in [1.82, 2.24) is 0 Å². The Hall–Kier alpha value is -0.730. The van der Waals surface area contributed by atoms with Crippen molar-refractivity contribution in [3.8, 4) is 0 Å². The maximum atomic E-state index is 11.0. The molecule has 13 heavy (non-hydrogen) atoms. The van der Waals surface area contributed by atoms with Crippen LogP contribution in [-0.2, 0) is 14.1 Å². The Balaban J connectivity index is 3.90. The number of unbranched alkanes of at least 4 members (excludes halogenated alkanes) is 1. The summed E-state index contributed by atoms with van der Waals surface area (Å²) in [6, 6.07) is 0. The van der Waals surface area contributed by atoms with E-state index in [1.54, 1.807) is 0 Å². The normalized spacial score (nSPS) is 12.5. The van der Waals surface area contributed by atoms with Gasteiger partial charge in [-0.25, -0.2) is 4.79 Å². The van der Waals surface area contributed by atoms with Crippen molar-refractivity contribution in [2.24, 2.45) is 0 Å². The molecule has 1 unspecified atom stereocenters. The molecule has 0 aliphatic heterocycles. The van der Waals surface area contributed by atoms with Crippen molar-refractivity contribution in [3.63, 3.8) is 0 Å². The lowest BCUT2D eigenvalue weighted by atomic mass is 10.3. The summed E-state index contributed by atoms with van der Waals surface area (Å²) in [4.78, 5) is 21.2. The number of hydrogen-bond acceptors (Lipinski definition) is 4. The smallest absolute Gasteiger partial charge is 0.341 e. The highest BCUT2D eigenvalue weighted by molar-refractivity contribution is 7.40. The van der Waals surface area contributed by atoms with E-state index in [1.165, 1.54) is 6.92 Å². The van der Waals surface area contributed by atoms with Gasteiger partial charge >= 0.3 is 14.0 Å². The maximum Gasteiger partial charge on any atom is 0.341 e. The standard InChI is InChI=1S/C8H13O4P/c1-3-4-5-12-8(9)7(2)6-13(10)11/h6H,3-5H2,1-2H3/b7-6+. The fraction of sp³-hybridized carbons (Fsp3) is 0.625. The monoisotopic (exact) mass is 204 g/mol. The highest BCUT2D eigenvalue weighted by Crippen LogP contribution is 2.13. The van der Waals surface area contributed by atoms with Crippen molar-refractivity contribution in [2.75, 3.05) is 6.61 Å². The molecule has 0 amide bonds. The van der Waals surface area contributed by atoms with Gasteiger partial charge in [-0.2, -0.15) is 0 Å². The van der Waals surface area contributed by atoms with E-state index in [0.717, 1.165) is 18.7 Å². The molecule has 0 saturated heterocycles. The molecular weight excluding hydrogens is 191 g/mol. The van der Waals surface area contributed by atoms with Crippen LogP contribution in [0.1, 0.15) is 26.7 Å². The summed E-state index contributed by atoms with van der Waals surface area (Å²) in [5.74, 6) is 0.316. The minimum atomic E-state index is -2.65. The number of ether oxygens (including phenoxy) is 1. The van der Waals surface area contributed by atoms with Gasteiger partial charge in [0, 0.05) is 0 Å². The van der Waals surface area contributed by atoms with E-state index < -0.39 is 14.0 Å². The molecule has 0 spiro atoms. The Labute approximate surface area is 78.5 Å². The number of carbonyl (C=O) groups is 1. The maximum absolute atomic E-state index is 11.0. The summed E-state index contributed by atoms with van der Waals surface area (Å²) in [5.41, 5.74) is 0.118. The zero-order valence-corrected chi connectivity index (χ0v) is 8.67. The van der Waals surface area contributed by atoms with Gasteiger partial charge in [0.05, 0.1) is 12.2 Å². The van der Waals surface area contributed by atoms with Crippen molar-refractivity contribution in [3.05, 3.63) is 11.4 Å². The summed E-state index contributed by atoms with van der Waals surface area (Å²) in [6.07, 6.45) is 1.73. The Morgan fingerprint density at radius 2 is 2.23 bits per heavy atom. The number of rotatable bonds is 5. The highest BCUT2D eigenvalue weighted by Gasteiger charge is 2.08. The van der Waals surface area contributed by atoms with E-state index >= 15 is 0 Å². The predicted octanol–water partition coefficient (Wildman–Crippen LogP) is 1.34. The first-order chi connectivity index (χ1) is 6.07. The Morgan fingerprint density at radius 1 is 1.62 bits per heavy atom. The van der Waals surface area contributed by atoms with E-state index in [4.69, 9.17) is 4.74 Å². The van der Waals surface area contributed by atoms with E-state index in [2.05, 4.69) is 0 Å². The van der Waals surface area contributed by atoms with Gasteiger partial charge in [0.1, 0.15) is 0 Å². The zero-order valence-electron chi connectivity index (χ0n) is 7.78. The van der Waals surface area contributed by atoms with Crippen molar-refractivity contribution < 1.29 is 19.0 Å². The molecule has 0 fully saturated rings. The molecule has 0 aromatic rings. The summed E-state index contributed by atoms with van der Waals surface area (Å²) in [5, 5.41) is 0. The molecule has 0 N–H and O–H groups in total. The zero-order chi connectivity index (χ0) is 10.3. The van der Waals surface area contributed by atoms with E-state index in [0.29, 0.717) is 6.61 Å². The minimum Gasteiger partial charge on any atom is -0.591 e. The van der Waals surface area contributed by atoms with E-state index in [9.17, 15) is 14.3 Å². The van der Waals surface area contributed by atoms with Crippen LogP contribution in [0.4, 0.5) is 0 Å². The van der Waals surface area contributed by atoms with Gasteiger partial charge < -0.3 is 9.63 Å². The third kappa shape index (κ3) is 6.43. The predicted molar refractivity (Wildman–Crippen MR) is 47.2 cm³/mol. The molecular formula is C8H13O4P. The van der Waals surface area contributed by atoms with Crippen LogP contribution in [0.3, 0.4) is 0 Å². The number of carbonyl (C=O) groups excluding carboxylic acids is 1. The second-order valence-electron chi connectivity index (χ2n) is 2.59. The molecule has 0 aliphatic carbocycles. The van der Waals surface area contributed by atoms with Crippen LogP contribution < -0.4 is 4.89 Å². The molecule has 0 radical (unpaired) electrons. The third-order valence-corrected chi connectivity index (χ3v) is 1.95. The van der Waals surface area contributed by atoms with Gasteiger partial charge in [-0.3, -0.25) is 0 Å². The van der Waals surface area contributed by atoms with Gasteiger partial charge in [-0.1, -0.05) is 17.9 Å². The molecule has 74 valence electrons. The second-order valence-corrected chi connectivity index (χ2v) is 3.42. The first kappa shape index (κ1) is 12.3. The number of esters is 1. The van der Waals surface area contributed by atoms with Crippen LogP contribution in [0.25, 0.3) is 0 Å². The largest absolute Gasteiger partial charge is 0.591 e. The van der Waals surface area contributed by atoms with Gasteiger partial charge in [0.2, 0.25) is 0 Å². The van der Waals surface area contributed by atoms with Crippen molar-refractivity contribution in [1.29, 1.82) is 0 Å². The average molecular weight is 204 g/mol. The first-order valence-corrected chi connectivity index (χ1v) is 5.31. The first-order valence-electron chi connectivity index (χ1n) is 4.07. The lowest BCUT2D eigenvalue weighted by molar-refractivity contribution is -0.161.